The molecule has 1 aromatic carbocycles. The number of aromatic nitrogens is 2. The number of esters is 1. The summed E-state index contributed by atoms with van der Waals surface area (Å²) in [6.07, 6.45) is 2.44. The molecule has 0 radical (unpaired) electrons. The van der Waals surface area contributed by atoms with Crippen LogP contribution >= 0.6 is 11.3 Å². The second kappa shape index (κ2) is 5.81. The Labute approximate surface area is 135 Å². The van der Waals surface area contributed by atoms with Crippen molar-refractivity contribution in [2.75, 3.05) is 7.11 Å². The van der Waals surface area contributed by atoms with Crippen LogP contribution in [0.3, 0.4) is 0 Å². The Hall–Kier alpha value is -2.74. The average Bonchev–Trinajstić information content (AvgIpc) is 3.11. The smallest absolute Gasteiger partial charge is 0.349 e. The van der Waals surface area contributed by atoms with Crippen LogP contribution in [0.15, 0.2) is 30.5 Å². The number of non-ortho nitro benzene ring substituents is 1. The summed E-state index contributed by atoms with van der Waals surface area (Å²) >= 11 is 1.25. The number of benzene rings is 1. The number of hydrogen-bond donors (Lipinski definition) is 0. The fourth-order valence-corrected chi connectivity index (χ4v) is 3.50. The number of carbonyl (C=O) groups excluding carboxylic acids is 1. The summed E-state index contributed by atoms with van der Waals surface area (Å²) in [5, 5.41) is 10.9. The quantitative estimate of drug-likeness (QED) is 0.416. The molecule has 0 atom stereocenters. The highest BCUT2D eigenvalue weighted by Gasteiger charge is 2.20. The first-order valence-corrected chi connectivity index (χ1v) is 7.70. The lowest BCUT2D eigenvalue weighted by Crippen LogP contribution is -2.03. The van der Waals surface area contributed by atoms with Gasteiger partial charge in [-0.25, -0.2) is 9.78 Å². The number of fused-ring (bicyclic) bond motifs is 1. The topological polar surface area (TPSA) is 86.7 Å². The number of nitro groups is 1. The van der Waals surface area contributed by atoms with E-state index in [4.69, 9.17) is 4.74 Å². The predicted octanol–water partition coefficient (Wildman–Crippen LogP) is 3.32. The monoisotopic (exact) mass is 331 g/mol. The zero-order valence-electron chi connectivity index (χ0n) is 12.5. The Kier molecular flexibility index (Phi) is 3.83. The standard InChI is InChI=1S/C15H13N3O4S/c1-3-12-13(14(19)22-2)23-15-16-11(8-17(12)15)9-5-4-6-10(7-9)18(20)21/h4-8H,3H2,1-2H3. The molecule has 0 saturated carbocycles. The van der Waals surface area contributed by atoms with Gasteiger partial charge in [0.1, 0.15) is 4.88 Å². The molecule has 0 fully saturated rings. The van der Waals surface area contributed by atoms with Gasteiger partial charge < -0.3 is 4.74 Å². The average molecular weight is 331 g/mol. The molecule has 8 heteroatoms. The molecule has 7 nitrogen and oxygen atoms in total. The molecule has 0 amide bonds. The van der Waals surface area contributed by atoms with Crippen LogP contribution in [-0.2, 0) is 11.2 Å². The lowest BCUT2D eigenvalue weighted by Gasteiger charge is -2.00. The minimum atomic E-state index is -0.436. The van der Waals surface area contributed by atoms with Crippen LogP contribution in [0.25, 0.3) is 16.2 Å². The molecule has 2 aromatic heterocycles. The van der Waals surface area contributed by atoms with Crippen molar-refractivity contribution in [3.8, 4) is 11.3 Å². The maximum absolute atomic E-state index is 11.8. The molecule has 2 heterocycles. The molecule has 0 saturated heterocycles. The van der Waals surface area contributed by atoms with Gasteiger partial charge in [-0.1, -0.05) is 30.4 Å². The van der Waals surface area contributed by atoms with Crippen molar-refractivity contribution < 1.29 is 14.5 Å². The van der Waals surface area contributed by atoms with Crippen LogP contribution in [0.5, 0.6) is 0 Å². The molecule has 23 heavy (non-hydrogen) atoms. The number of imidazole rings is 1. The third-order valence-electron chi connectivity index (χ3n) is 3.48. The van der Waals surface area contributed by atoms with Crippen molar-refractivity contribution in [3.05, 3.63) is 51.1 Å². The summed E-state index contributed by atoms with van der Waals surface area (Å²) in [6.45, 7) is 1.95. The van der Waals surface area contributed by atoms with E-state index in [1.807, 2.05) is 11.3 Å². The van der Waals surface area contributed by atoms with E-state index in [0.717, 1.165) is 5.69 Å². The zero-order valence-corrected chi connectivity index (χ0v) is 13.3. The van der Waals surface area contributed by atoms with Crippen molar-refractivity contribution in [2.24, 2.45) is 0 Å². The zero-order chi connectivity index (χ0) is 16.6. The number of ether oxygens (including phenoxy) is 1. The molecule has 118 valence electrons. The summed E-state index contributed by atoms with van der Waals surface area (Å²) in [5.74, 6) is -0.380. The summed E-state index contributed by atoms with van der Waals surface area (Å²) in [4.78, 5) is 27.9. The lowest BCUT2D eigenvalue weighted by molar-refractivity contribution is -0.384. The van der Waals surface area contributed by atoms with Gasteiger partial charge in [0.2, 0.25) is 0 Å². The Morgan fingerprint density at radius 3 is 2.91 bits per heavy atom. The highest BCUT2D eigenvalue weighted by molar-refractivity contribution is 7.19. The summed E-state index contributed by atoms with van der Waals surface area (Å²) in [6, 6.07) is 6.32. The van der Waals surface area contributed by atoms with Crippen molar-refractivity contribution in [2.45, 2.75) is 13.3 Å². The summed E-state index contributed by atoms with van der Waals surface area (Å²) in [7, 11) is 1.35. The van der Waals surface area contributed by atoms with E-state index in [-0.39, 0.29) is 11.7 Å². The molecule has 3 rings (SSSR count). The Bertz CT molecular complexity index is 913. The van der Waals surface area contributed by atoms with Crippen molar-refractivity contribution in [1.29, 1.82) is 0 Å². The second-order valence-electron chi connectivity index (χ2n) is 4.81. The Morgan fingerprint density at radius 1 is 1.48 bits per heavy atom. The largest absolute Gasteiger partial charge is 0.465 e. The van der Waals surface area contributed by atoms with Crippen molar-refractivity contribution in [3.63, 3.8) is 0 Å². The first-order valence-electron chi connectivity index (χ1n) is 6.89. The molecule has 0 N–H and O–H groups in total. The van der Waals surface area contributed by atoms with E-state index in [1.165, 1.54) is 30.6 Å². The van der Waals surface area contributed by atoms with Crippen LogP contribution in [0, 0.1) is 10.1 Å². The number of aryl methyl sites for hydroxylation is 1. The molecule has 0 unspecified atom stereocenters. The van der Waals surface area contributed by atoms with Crippen LogP contribution in [0.1, 0.15) is 22.3 Å². The van der Waals surface area contributed by atoms with E-state index in [2.05, 4.69) is 4.98 Å². The highest BCUT2D eigenvalue weighted by Crippen LogP contribution is 2.29. The van der Waals surface area contributed by atoms with Gasteiger partial charge in [0.25, 0.3) is 5.69 Å². The predicted molar refractivity (Wildman–Crippen MR) is 85.9 cm³/mol. The Balaban J connectivity index is 2.11. The van der Waals surface area contributed by atoms with Gasteiger partial charge in [0.15, 0.2) is 4.96 Å². The molecule has 0 spiro atoms. The number of hydrogen-bond acceptors (Lipinski definition) is 6. The van der Waals surface area contributed by atoms with Crippen LogP contribution in [-0.4, -0.2) is 27.4 Å². The third kappa shape index (κ3) is 2.57. The van der Waals surface area contributed by atoms with E-state index < -0.39 is 4.92 Å². The van der Waals surface area contributed by atoms with Crippen molar-refractivity contribution in [1.82, 2.24) is 9.38 Å². The molecule has 3 aromatic rings. The molecule has 0 bridgehead atoms. The number of rotatable bonds is 4. The highest BCUT2D eigenvalue weighted by atomic mass is 32.1. The number of nitrogens with zero attached hydrogens (tertiary/aromatic N) is 3. The fourth-order valence-electron chi connectivity index (χ4n) is 2.39. The van der Waals surface area contributed by atoms with Gasteiger partial charge in [-0.2, -0.15) is 0 Å². The number of methoxy groups -OCH3 is 1. The van der Waals surface area contributed by atoms with Gasteiger partial charge in [0, 0.05) is 29.6 Å². The van der Waals surface area contributed by atoms with E-state index >= 15 is 0 Å². The maximum Gasteiger partial charge on any atom is 0.349 e. The molecular weight excluding hydrogens is 318 g/mol. The second-order valence-corrected chi connectivity index (χ2v) is 5.79. The SMILES string of the molecule is CCc1c(C(=O)OC)sc2nc(-c3cccc([N+](=O)[O-])c3)cn12. The Morgan fingerprint density at radius 2 is 2.26 bits per heavy atom. The lowest BCUT2D eigenvalue weighted by atomic mass is 10.1. The van der Waals surface area contributed by atoms with Crippen molar-refractivity contribution >= 4 is 28.0 Å². The third-order valence-corrected chi connectivity index (χ3v) is 4.56. The first-order chi connectivity index (χ1) is 11.0. The molecule has 0 aliphatic rings. The first kappa shape index (κ1) is 15.2. The minimum Gasteiger partial charge on any atom is -0.465 e. The molecule has 0 aliphatic carbocycles. The van der Waals surface area contributed by atoms with E-state index in [1.54, 1.807) is 18.3 Å². The van der Waals surface area contributed by atoms with Crippen LogP contribution < -0.4 is 0 Å². The van der Waals surface area contributed by atoms with Gasteiger partial charge in [-0.05, 0) is 6.42 Å². The van der Waals surface area contributed by atoms with Crippen LogP contribution in [0.4, 0.5) is 5.69 Å². The fraction of sp³-hybridized carbons (Fsp3) is 0.200. The van der Waals surface area contributed by atoms with E-state index in [0.29, 0.717) is 27.5 Å². The number of nitro benzene ring substituents is 1. The minimum absolute atomic E-state index is 0.0184. The number of thiazole rings is 1. The van der Waals surface area contributed by atoms with E-state index in [9.17, 15) is 14.9 Å². The molecule has 0 aliphatic heterocycles. The summed E-state index contributed by atoms with van der Waals surface area (Å²) < 4.78 is 6.63. The van der Waals surface area contributed by atoms with Gasteiger partial charge in [0.05, 0.1) is 17.7 Å². The normalized spacial score (nSPS) is 10.9. The summed E-state index contributed by atoms with van der Waals surface area (Å²) in [5.41, 5.74) is 2.13. The maximum atomic E-state index is 11.8. The van der Waals surface area contributed by atoms with Gasteiger partial charge in [-0.3, -0.25) is 14.5 Å². The van der Waals surface area contributed by atoms with Crippen LogP contribution in [0.2, 0.25) is 0 Å². The number of carbonyl (C=O) groups is 1. The molecular formula is C15H13N3O4S. The van der Waals surface area contributed by atoms with Gasteiger partial charge >= 0.3 is 5.97 Å². The van der Waals surface area contributed by atoms with Gasteiger partial charge in [-0.15, -0.1) is 0 Å².